The van der Waals surface area contributed by atoms with E-state index < -0.39 is 29.1 Å². The van der Waals surface area contributed by atoms with Crippen LogP contribution in [0.5, 0.6) is 0 Å². The van der Waals surface area contributed by atoms with Crippen LogP contribution >= 0.6 is 0 Å². The third-order valence-corrected chi connectivity index (χ3v) is 8.38. The summed E-state index contributed by atoms with van der Waals surface area (Å²) in [7, 11) is 0. The largest absolute Gasteiger partial charge is 0.395 e. The van der Waals surface area contributed by atoms with Gasteiger partial charge in [0.15, 0.2) is 0 Å². The molecule has 190 valence electrons. The molecule has 1 spiro atoms. The Kier molecular flexibility index (Phi) is 5.92. The number of nitrogens with zero attached hydrogens (tertiary/aromatic N) is 1. The molecule has 3 saturated heterocycles. The minimum absolute atomic E-state index is 0.0105. The molecule has 2 bridgehead atoms. The fourth-order valence-electron chi connectivity index (χ4n) is 6.60. The van der Waals surface area contributed by atoms with E-state index in [1.54, 1.807) is 12.1 Å². The van der Waals surface area contributed by atoms with E-state index in [2.05, 4.69) is 10.6 Å². The zero-order valence-corrected chi connectivity index (χ0v) is 21.1. The standard InChI is InChI=1S/C28H33N3O5/c1-16-10-11-17(2)20(14-16)30-25(34)23-28-15-18(3)27(4,36-28)21(22(28)26(35)31(23)12-13-32)24(33)29-19-8-6-5-7-9-19/h5-11,14,18,21-23,32H,12-13,15H2,1-4H3,(H,29,33)(H,30,34)/t18?,21-,22-,23?,27+,28?/m0/s1. The smallest absolute Gasteiger partial charge is 0.250 e. The summed E-state index contributed by atoms with van der Waals surface area (Å²) in [5.41, 5.74) is 1.15. The number of hydrogen-bond acceptors (Lipinski definition) is 5. The lowest BCUT2D eigenvalue weighted by atomic mass is 9.62. The molecule has 3 heterocycles. The number of para-hydroxylation sites is 1. The summed E-state index contributed by atoms with van der Waals surface area (Å²) in [6, 6.07) is 13.9. The normalized spacial score (nSPS) is 32.5. The van der Waals surface area contributed by atoms with Crippen molar-refractivity contribution < 1.29 is 24.2 Å². The first kappa shape index (κ1) is 24.5. The highest BCUT2D eigenvalue weighted by Crippen LogP contribution is 2.65. The van der Waals surface area contributed by atoms with Crippen LogP contribution in [-0.4, -0.2) is 58.1 Å². The highest BCUT2D eigenvalue weighted by Gasteiger charge is 2.79. The minimum Gasteiger partial charge on any atom is -0.395 e. The van der Waals surface area contributed by atoms with Crippen LogP contribution in [0.15, 0.2) is 48.5 Å². The number of likely N-dealkylation sites (tertiary alicyclic amines) is 1. The van der Waals surface area contributed by atoms with Gasteiger partial charge in [-0.15, -0.1) is 0 Å². The van der Waals surface area contributed by atoms with E-state index in [1.165, 1.54) is 4.90 Å². The van der Waals surface area contributed by atoms with Crippen LogP contribution in [0.1, 0.15) is 31.4 Å². The Balaban J connectivity index is 1.53. The summed E-state index contributed by atoms with van der Waals surface area (Å²) in [4.78, 5) is 42.7. The van der Waals surface area contributed by atoms with Gasteiger partial charge in [0.05, 0.1) is 24.0 Å². The van der Waals surface area contributed by atoms with E-state index in [-0.39, 0.29) is 36.8 Å². The third kappa shape index (κ3) is 3.54. The van der Waals surface area contributed by atoms with E-state index in [0.717, 1.165) is 11.1 Å². The number of anilines is 2. The molecule has 2 aromatic carbocycles. The van der Waals surface area contributed by atoms with E-state index in [0.29, 0.717) is 17.8 Å². The van der Waals surface area contributed by atoms with Crippen molar-refractivity contribution in [2.24, 2.45) is 17.8 Å². The molecular formula is C28H33N3O5. The van der Waals surface area contributed by atoms with Crippen molar-refractivity contribution in [2.45, 2.75) is 51.4 Å². The van der Waals surface area contributed by atoms with Gasteiger partial charge in [0.2, 0.25) is 17.7 Å². The molecular weight excluding hydrogens is 458 g/mol. The quantitative estimate of drug-likeness (QED) is 0.576. The summed E-state index contributed by atoms with van der Waals surface area (Å²) in [5, 5.41) is 15.7. The Morgan fingerprint density at radius 3 is 2.53 bits per heavy atom. The molecule has 3 aliphatic heterocycles. The average molecular weight is 492 g/mol. The van der Waals surface area contributed by atoms with Crippen molar-refractivity contribution in [1.82, 2.24) is 4.90 Å². The van der Waals surface area contributed by atoms with Crippen molar-refractivity contribution in [1.29, 1.82) is 0 Å². The van der Waals surface area contributed by atoms with Crippen molar-refractivity contribution in [2.75, 3.05) is 23.8 Å². The molecule has 0 aromatic heterocycles. The Bertz CT molecular complexity index is 1220. The molecule has 0 radical (unpaired) electrons. The topological polar surface area (TPSA) is 108 Å². The molecule has 3 aliphatic rings. The Labute approximate surface area is 211 Å². The fraction of sp³-hybridized carbons (Fsp3) is 0.464. The summed E-state index contributed by atoms with van der Waals surface area (Å²) in [5.74, 6) is -2.63. The third-order valence-electron chi connectivity index (χ3n) is 8.38. The van der Waals surface area contributed by atoms with Gasteiger partial charge in [-0.25, -0.2) is 0 Å². The second-order valence-corrected chi connectivity index (χ2v) is 10.6. The van der Waals surface area contributed by atoms with Crippen molar-refractivity contribution in [3.8, 4) is 0 Å². The predicted molar refractivity (Wildman–Crippen MR) is 135 cm³/mol. The Morgan fingerprint density at radius 2 is 1.83 bits per heavy atom. The minimum atomic E-state index is -1.15. The number of β-amino-alcohol motifs (C(OH)–C–C–N with tert-alkyl or cyclic N) is 1. The van der Waals surface area contributed by atoms with Crippen molar-refractivity contribution >= 4 is 29.1 Å². The molecule has 3 N–H and O–H groups in total. The maximum atomic E-state index is 13.8. The van der Waals surface area contributed by atoms with E-state index in [1.807, 2.05) is 64.1 Å². The van der Waals surface area contributed by atoms with Crippen LogP contribution in [0.2, 0.25) is 0 Å². The van der Waals surface area contributed by atoms with Gasteiger partial charge in [-0.2, -0.15) is 0 Å². The molecule has 3 unspecified atom stereocenters. The predicted octanol–water partition coefficient (Wildman–Crippen LogP) is 2.88. The van der Waals surface area contributed by atoms with Gasteiger partial charge in [-0.1, -0.05) is 37.3 Å². The highest BCUT2D eigenvalue weighted by molar-refractivity contribution is 6.05. The van der Waals surface area contributed by atoms with Gasteiger partial charge >= 0.3 is 0 Å². The number of rotatable bonds is 6. The SMILES string of the molecule is Cc1ccc(C)c(NC(=O)C2N(CCO)C(=O)[C@@H]3[C@@H](C(=O)Nc4ccccc4)[C@]4(C)OC23CC4C)c1. The monoisotopic (exact) mass is 491 g/mol. The zero-order valence-electron chi connectivity index (χ0n) is 21.1. The number of fused-ring (bicyclic) bond motifs is 1. The van der Waals surface area contributed by atoms with E-state index in [4.69, 9.17) is 4.74 Å². The molecule has 36 heavy (non-hydrogen) atoms. The number of ether oxygens (including phenoxy) is 1. The lowest BCUT2D eigenvalue weighted by Gasteiger charge is -2.36. The maximum Gasteiger partial charge on any atom is 0.250 e. The molecule has 3 amide bonds. The van der Waals surface area contributed by atoms with Gasteiger partial charge in [0, 0.05) is 17.9 Å². The lowest BCUT2D eigenvalue weighted by Crippen LogP contribution is -2.54. The van der Waals surface area contributed by atoms with Crippen LogP contribution in [0.4, 0.5) is 11.4 Å². The number of hydrogen-bond donors (Lipinski definition) is 3. The van der Waals surface area contributed by atoms with Gasteiger partial charge in [-0.05, 0) is 62.4 Å². The number of carbonyl (C=O) groups excluding carboxylic acids is 3. The van der Waals surface area contributed by atoms with E-state index >= 15 is 0 Å². The Morgan fingerprint density at radius 1 is 1.11 bits per heavy atom. The van der Waals surface area contributed by atoms with E-state index in [9.17, 15) is 19.5 Å². The van der Waals surface area contributed by atoms with Crippen LogP contribution in [0, 0.1) is 31.6 Å². The van der Waals surface area contributed by atoms with Crippen molar-refractivity contribution in [3.63, 3.8) is 0 Å². The number of nitrogens with one attached hydrogen (secondary N) is 2. The number of aliphatic hydroxyl groups is 1. The fourth-order valence-corrected chi connectivity index (χ4v) is 6.60. The van der Waals surface area contributed by atoms with Gasteiger partial charge in [0.1, 0.15) is 11.6 Å². The first-order valence-corrected chi connectivity index (χ1v) is 12.5. The van der Waals surface area contributed by atoms with Crippen LogP contribution in [0.25, 0.3) is 0 Å². The molecule has 0 aliphatic carbocycles. The van der Waals surface area contributed by atoms with Gasteiger partial charge < -0.3 is 25.4 Å². The van der Waals surface area contributed by atoms with Crippen LogP contribution in [-0.2, 0) is 19.1 Å². The Hall–Kier alpha value is -3.23. The second kappa shape index (κ2) is 8.71. The van der Waals surface area contributed by atoms with Crippen molar-refractivity contribution in [3.05, 3.63) is 59.7 Å². The molecule has 3 fully saturated rings. The molecule has 8 nitrogen and oxygen atoms in total. The molecule has 0 saturated carbocycles. The number of carbonyl (C=O) groups is 3. The lowest BCUT2D eigenvalue weighted by molar-refractivity contribution is -0.144. The summed E-state index contributed by atoms with van der Waals surface area (Å²) < 4.78 is 6.66. The highest BCUT2D eigenvalue weighted by atomic mass is 16.5. The van der Waals surface area contributed by atoms with Gasteiger partial charge in [-0.3, -0.25) is 14.4 Å². The zero-order chi connectivity index (χ0) is 25.8. The number of amides is 3. The molecule has 8 heteroatoms. The summed E-state index contributed by atoms with van der Waals surface area (Å²) >= 11 is 0. The first-order chi connectivity index (χ1) is 17.1. The number of benzene rings is 2. The number of aryl methyl sites for hydroxylation is 2. The summed E-state index contributed by atoms with van der Waals surface area (Å²) in [6.07, 6.45) is 0.474. The number of aliphatic hydroxyl groups excluding tert-OH is 1. The molecule has 2 aromatic rings. The van der Waals surface area contributed by atoms with Crippen LogP contribution in [0.3, 0.4) is 0 Å². The molecule has 5 rings (SSSR count). The maximum absolute atomic E-state index is 13.8. The average Bonchev–Trinajstić information content (AvgIpc) is 3.34. The van der Waals surface area contributed by atoms with Gasteiger partial charge in [0.25, 0.3) is 0 Å². The summed E-state index contributed by atoms with van der Waals surface area (Å²) in [6.45, 7) is 7.43. The molecule has 6 atom stereocenters. The first-order valence-electron chi connectivity index (χ1n) is 12.5. The van der Waals surface area contributed by atoms with Crippen LogP contribution < -0.4 is 10.6 Å². The second-order valence-electron chi connectivity index (χ2n) is 10.6.